The number of hydrogen-bond donors (Lipinski definition) is 0. The van der Waals surface area contributed by atoms with Gasteiger partial charge in [0.15, 0.2) is 0 Å². The number of aromatic nitrogens is 2. The van der Waals surface area contributed by atoms with Gasteiger partial charge in [0.05, 0.1) is 28.1 Å². The molecule has 176 valence electrons. The molecule has 0 aliphatic carbocycles. The first-order chi connectivity index (χ1) is 18.1. The van der Waals surface area contributed by atoms with Crippen molar-refractivity contribution in [1.29, 1.82) is 0 Å². The van der Waals surface area contributed by atoms with E-state index in [2.05, 4.69) is 35.3 Å². The van der Waals surface area contributed by atoms with Crippen LogP contribution in [0.25, 0.3) is 49.0 Å². The number of hydrogen-bond acceptors (Lipinski definition) is 3. The van der Waals surface area contributed by atoms with Crippen molar-refractivity contribution in [1.82, 2.24) is 9.55 Å². The highest BCUT2D eigenvalue weighted by molar-refractivity contribution is 7.93. The summed E-state index contributed by atoms with van der Waals surface area (Å²) in [5.74, 6) is 0. The smallest absolute Gasteiger partial charge is 0.280 e. The minimum absolute atomic E-state index is 0.0240. The molecule has 0 saturated carbocycles. The van der Waals surface area contributed by atoms with Gasteiger partial charge in [0, 0.05) is 0 Å². The maximum absolute atomic E-state index is 14.2. The number of sulfonamides is 1. The molecule has 6 aromatic carbocycles. The molecule has 0 saturated heterocycles. The van der Waals surface area contributed by atoms with Gasteiger partial charge in [0.2, 0.25) is 0 Å². The molecule has 37 heavy (non-hydrogen) atoms. The molecule has 1 aromatic heterocycles. The van der Waals surface area contributed by atoms with Crippen molar-refractivity contribution in [2.45, 2.75) is 5.16 Å². The quantitative estimate of drug-likeness (QED) is 0.223. The molecule has 0 N–H and O–H groups in total. The Kier molecular flexibility index (Phi) is 3.98. The van der Waals surface area contributed by atoms with E-state index in [4.69, 9.17) is 0 Å². The molecule has 6 heteroatoms. The number of benzene rings is 6. The zero-order valence-corrected chi connectivity index (χ0v) is 20.4. The first-order valence-corrected chi connectivity index (χ1v) is 13.5. The number of anilines is 2. The first-order valence-electron chi connectivity index (χ1n) is 12.1. The van der Waals surface area contributed by atoms with Gasteiger partial charge in [-0.3, -0.25) is 4.57 Å². The molecule has 7 aromatic rings. The van der Waals surface area contributed by atoms with Crippen LogP contribution in [0, 0.1) is 0 Å². The second-order valence-electron chi connectivity index (χ2n) is 9.30. The Labute approximate surface area is 212 Å². The molecule has 0 amide bonds. The summed E-state index contributed by atoms with van der Waals surface area (Å²) in [6.45, 7) is 0. The average molecular weight is 498 g/mol. The van der Waals surface area contributed by atoms with E-state index >= 15 is 0 Å². The van der Waals surface area contributed by atoms with Crippen LogP contribution in [0.2, 0.25) is 0 Å². The third kappa shape index (κ3) is 2.68. The zero-order valence-electron chi connectivity index (χ0n) is 19.5. The van der Waals surface area contributed by atoms with Crippen LogP contribution in [0.1, 0.15) is 0 Å². The van der Waals surface area contributed by atoms with Crippen molar-refractivity contribution in [3.05, 3.63) is 115 Å². The Bertz CT molecular complexity index is 2150. The van der Waals surface area contributed by atoms with E-state index in [0.29, 0.717) is 16.9 Å². The maximum Gasteiger partial charge on any atom is 0.303 e. The summed E-state index contributed by atoms with van der Waals surface area (Å²) in [7, 11) is -3.99. The molecular weight excluding hydrogens is 478 g/mol. The predicted molar refractivity (Wildman–Crippen MR) is 149 cm³/mol. The Balaban J connectivity index is 1.47. The van der Waals surface area contributed by atoms with Gasteiger partial charge in [-0.15, -0.1) is 0 Å². The molecule has 0 fully saturated rings. The number of fused-ring (bicyclic) bond motifs is 11. The van der Waals surface area contributed by atoms with Gasteiger partial charge < -0.3 is 0 Å². The van der Waals surface area contributed by atoms with Crippen molar-refractivity contribution in [3.63, 3.8) is 0 Å². The van der Waals surface area contributed by atoms with Crippen molar-refractivity contribution in [2.75, 3.05) is 4.31 Å². The molecule has 0 spiro atoms. The number of para-hydroxylation sites is 4. The van der Waals surface area contributed by atoms with Crippen LogP contribution in [0.3, 0.4) is 0 Å². The lowest BCUT2D eigenvalue weighted by Crippen LogP contribution is -2.33. The van der Waals surface area contributed by atoms with Crippen molar-refractivity contribution >= 4 is 64.7 Å². The Morgan fingerprint density at radius 3 is 1.78 bits per heavy atom. The largest absolute Gasteiger partial charge is 0.303 e. The predicted octanol–water partition coefficient (Wildman–Crippen LogP) is 7.33. The lowest BCUT2D eigenvalue weighted by molar-refractivity contribution is 0.582. The Morgan fingerprint density at radius 2 is 1.08 bits per heavy atom. The normalized spacial score (nSPS) is 14.3. The number of rotatable bonds is 1. The van der Waals surface area contributed by atoms with Crippen LogP contribution in [0.15, 0.2) is 120 Å². The highest BCUT2D eigenvalue weighted by Gasteiger charge is 2.39. The van der Waals surface area contributed by atoms with Gasteiger partial charge >= 0.3 is 10.0 Å². The van der Waals surface area contributed by atoms with Crippen LogP contribution in [0.5, 0.6) is 0 Å². The topological polar surface area (TPSA) is 55.2 Å². The minimum Gasteiger partial charge on any atom is -0.280 e. The Morgan fingerprint density at radius 1 is 0.541 bits per heavy atom. The monoisotopic (exact) mass is 497 g/mol. The molecule has 1 aliphatic heterocycles. The lowest BCUT2D eigenvalue weighted by atomic mass is 9.94. The van der Waals surface area contributed by atoms with E-state index < -0.39 is 10.0 Å². The van der Waals surface area contributed by atoms with E-state index in [-0.39, 0.29) is 5.16 Å². The molecule has 0 atom stereocenters. The first kappa shape index (κ1) is 20.5. The van der Waals surface area contributed by atoms with E-state index in [1.807, 2.05) is 84.9 Å². The third-order valence-corrected chi connectivity index (χ3v) is 8.93. The molecule has 1 aliphatic rings. The van der Waals surface area contributed by atoms with Gasteiger partial charge in [-0.25, -0.2) is 9.29 Å². The van der Waals surface area contributed by atoms with Crippen LogP contribution < -0.4 is 4.31 Å². The van der Waals surface area contributed by atoms with Crippen LogP contribution >= 0.6 is 0 Å². The summed E-state index contributed by atoms with van der Waals surface area (Å²) in [5, 5.41) is 6.69. The summed E-state index contributed by atoms with van der Waals surface area (Å²) in [6.07, 6.45) is 0. The van der Waals surface area contributed by atoms with Crippen LogP contribution in [0.4, 0.5) is 11.4 Å². The second kappa shape index (κ2) is 7.18. The van der Waals surface area contributed by atoms with Gasteiger partial charge in [-0.05, 0) is 68.7 Å². The van der Waals surface area contributed by atoms with E-state index in [1.54, 1.807) is 4.57 Å². The van der Waals surface area contributed by atoms with E-state index in [0.717, 1.165) is 38.1 Å². The van der Waals surface area contributed by atoms with Gasteiger partial charge in [-0.2, -0.15) is 8.42 Å². The van der Waals surface area contributed by atoms with Crippen LogP contribution in [-0.2, 0) is 10.0 Å². The highest BCUT2D eigenvalue weighted by atomic mass is 32.2. The SMILES string of the molecule is O=S1(=O)c2nc3ccccc3n2-c2ccccc2N1c1ccc2c3ccccc3c3ccccc3c2c1. The number of nitrogens with zero attached hydrogens (tertiary/aromatic N) is 3. The lowest BCUT2D eigenvalue weighted by Gasteiger charge is -2.31. The molecule has 0 radical (unpaired) electrons. The van der Waals surface area contributed by atoms with E-state index in [1.165, 1.54) is 9.69 Å². The molecule has 8 rings (SSSR count). The van der Waals surface area contributed by atoms with Crippen LogP contribution in [-0.4, -0.2) is 18.0 Å². The average Bonchev–Trinajstić information content (AvgIpc) is 3.34. The van der Waals surface area contributed by atoms with Crippen molar-refractivity contribution < 1.29 is 8.42 Å². The van der Waals surface area contributed by atoms with E-state index in [9.17, 15) is 8.42 Å². The molecular formula is C31H19N3O2S. The summed E-state index contributed by atoms with van der Waals surface area (Å²) in [4.78, 5) is 4.57. The summed E-state index contributed by atoms with van der Waals surface area (Å²) in [5.41, 5.74) is 3.38. The zero-order chi connectivity index (χ0) is 24.7. The number of imidazole rings is 1. The molecule has 0 unspecified atom stereocenters. The Hall–Kier alpha value is -4.68. The molecule has 0 bridgehead atoms. The third-order valence-electron chi connectivity index (χ3n) is 7.30. The fraction of sp³-hybridized carbons (Fsp3) is 0. The van der Waals surface area contributed by atoms with Crippen molar-refractivity contribution in [2.24, 2.45) is 0 Å². The fourth-order valence-electron chi connectivity index (χ4n) is 5.75. The summed E-state index contributed by atoms with van der Waals surface area (Å²) < 4.78 is 31.6. The summed E-state index contributed by atoms with van der Waals surface area (Å²) >= 11 is 0. The maximum atomic E-state index is 14.2. The molecule has 2 heterocycles. The fourth-order valence-corrected chi connectivity index (χ4v) is 7.35. The van der Waals surface area contributed by atoms with Gasteiger partial charge in [0.25, 0.3) is 5.16 Å². The molecule has 5 nitrogen and oxygen atoms in total. The standard InChI is InChI=1S/C31H19N3O2S/c35-37(36)31-32-27-13-5-6-14-28(27)33(31)29-15-7-8-16-30(29)34(37)20-17-18-25-23-11-2-1-9-21(23)22-10-3-4-12-24(22)26(25)19-20/h1-19H. The second-order valence-corrected chi connectivity index (χ2v) is 11.0. The highest BCUT2D eigenvalue weighted by Crippen LogP contribution is 2.45. The van der Waals surface area contributed by atoms with Gasteiger partial charge in [-0.1, -0.05) is 78.9 Å². The van der Waals surface area contributed by atoms with Gasteiger partial charge in [0.1, 0.15) is 0 Å². The van der Waals surface area contributed by atoms with Crippen molar-refractivity contribution in [3.8, 4) is 5.69 Å². The minimum atomic E-state index is -3.99. The summed E-state index contributed by atoms with van der Waals surface area (Å²) in [6, 6.07) is 37.7.